The van der Waals surface area contributed by atoms with Crippen molar-refractivity contribution in [2.75, 3.05) is 11.4 Å². The summed E-state index contributed by atoms with van der Waals surface area (Å²) in [7, 11) is 0. The number of para-hydroxylation sites is 1. The van der Waals surface area contributed by atoms with Gasteiger partial charge in [0, 0.05) is 17.8 Å². The number of carbonyl (C=O) groups is 1. The number of piperidine rings is 1. The summed E-state index contributed by atoms with van der Waals surface area (Å²) < 4.78 is 0. The molecule has 1 atom stereocenters. The van der Waals surface area contributed by atoms with Crippen LogP contribution in [0.2, 0.25) is 0 Å². The first kappa shape index (κ1) is 12.9. The molecule has 0 radical (unpaired) electrons. The topological polar surface area (TPSA) is 40.5 Å². The number of carboxylic acids is 1. The molecule has 1 aromatic rings. The molecule has 1 heterocycles. The second kappa shape index (κ2) is 4.63. The van der Waals surface area contributed by atoms with Crippen LogP contribution in [-0.2, 0) is 4.79 Å². The number of hydrogen-bond acceptors (Lipinski definition) is 2. The molecule has 1 saturated heterocycles. The molecule has 0 aromatic heterocycles. The number of aliphatic carboxylic acids is 1. The monoisotopic (exact) mass is 247 g/mol. The third-order valence-electron chi connectivity index (χ3n) is 3.93. The zero-order valence-corrected chi connectivity index (χ0v) is 11.3. The van der Waals surface area contributed by atoms with E-state index in [2.05, 4.69) is 37.8 Å². The van der Waals surface area contributed by atoms with E-state index in [0.29, 0.717) is 6.42 Å². The van der Waals surface area contributed by atoms with Crippen LogP contribution in [0.3, 0.4) is 0 Å². The van der Waals surface area contributed by atoms with E-state index in [1.54, 1.807) is 0 Å². The van der Waals surface area contributed by atoms with Crippen molar-refractivity contribution in [1.82, 2.24) is 0 Å². The van der Waals surface area contributed by atoms with Crippen LogP contribution in [0.1, 0.15) is 32.3 Å². The third kappa shape index (κ3) is 2.35. The van der Waals surface area contributed by atoms with Crippen molar-refractivity contribution in [3.05, 3.63) is 29.8 Å². The number of benzene rings is 1. The highest BCUT2D eigenvalue weighted by atomic mass is 16.4. The van der Waals surface area contributed by atoms with Gasteiger partial charge in [0.15, 0.2) is 0 Å². The minimum absolute atomic E-state index is 0.104. The Labute approximate surface area is 108 Å². The van der Waals surface area contributed by atoms with Gasteiger partial charge in [0.25, 0.3) is 0 Å². The summed E-state index contributed by atoms with van der Waals surface area (Å²) in [5.74, 6) is -0.868. The van der Waals surface area contributed by atoms with Gasteiger partial charge in [-0.1, -0.05) is 18.2 Å². The lowest BCUT2D eigenvalue weighted by atomic mass is 9.82. The van der Waals surface area contributed by atoms with Crippen LogP contribution in [0.5, 0.6) is 0 Å². The van der Waals surface area contributed by atoms with Crippen LogP contribution in [0.15, 0.2) is 24.3 Å². The molecule has 0 spiro atoms. The quantitative estimate of drug-likeness (QED) is 0.873. The Kier molecular flexibility index (Phi) is 3.33. The lowest BCUT2D eigenvalue weighted by Gasteiger charge is -2.46. The molecule has 1 fully saturated rings. The molecule has 0 aliphatic carbocycles. The van der Waals surface area contributed by atoms with Gasteiger partial charge in [0.05, 0.1) is 5.92 Å². The molecule has 0 amide bonds. The van der Waals surface area contributed by atoms with Gasteiger partial charge >= 0.3 is 5.97 Å². The molecular formula is C15H21NO2. The second-order valence-electron chi connectivity index (χ2n) is 5.78. The summed E-state index contributed by atoms with van der Waals surface area (Å²) in [6.07, 6.45) is 1.43. The first-order chi connectivity index (χ1) is 8.42. The molecule has 98 valence electrons. The molecule has 2 rings (SSSR count). The van der Waals surface area contributed by atoms with Gasteiger partial charge < -0.3 is 10.0 Å². The largest absolute Gasteiger partial charge is 0.481 e. The first-order valence-electron chi connectivity index (χ1n) is 6.48. The van der Waals surface area contributed by atoms with Crippen LogP contribution < -0.4 is 4.90 Å². The van der Waals surface area contributed by atoms with Gasteiger partial charge in [-0.05, 0) is 45.2 Å². The summed E-state index contributed by atoms with van der Waals surface area (Å²) in [6, 6.07) is 8.31. The van der Waals surface area contributed by atoms with Crippen LogP contribution in [-0.4, -0.2) is 23.2 Å². The highest BCUT2D eigenvalue weighted by molar-refractivity contribution is 5.71. The maximum Gasteiger partial charge on any atom is 0.306 e. The zero-order chi connectivity index (χ0) is 13.3. The first-order valence-corrected chi connectivity index (χ1v) is 6.48. The Hall–Kier alpha value is -1.51. The number of carboxylic acid groups (broad SMARTS) is 1. The average molecular weight is 247 g/mol. The molecule has 0 saturated carbocycles. The van der Waals surface area contributed by atoms with E-state index in [0.717, 1.165) is 13.0 Å². The van der Waals surface area contributed by atoms with Crippen molar-refractivity contribution in [3.63, 3.8) is 0 Å². The van der Waals surface area contributed by atoms with Crippen molar-refractivity contribution < 1.29 is 9.90 Å². The Morgan fingerprint density at radius 3 is 2.61 bits per heavy atom. The van der Waals surface area contributed by atoms with Crippen molar-refractivity contribution in [1.29, 1.82) is 0 Å². The molecule has 18 heavy (non-hydrogen) atoms. The fourth-order valence-electron chi connectivity index (χ4n) is 2.93. The molecule has 3 nitrogen and oxygen atoms in total. The van der Waals surface area contributed by atoms with Crippen LogP contribution in [0.4, 0.5) is 5.69 Å². The second-order valence-corrected chi connectivity index (χ2v) is 5.78. The Balaban J connectivity index is 2.26. The van der Waals surface area contributed by atoms with E-state index in [4.69, 9.17) is 5.11 Å². The molecule has 1 aliphatic heterocycles. The zero-order valence-electron chi connectivity index (χ0n) is 11.3. The van der Waals surface area contributed by atoms with Crippen LogP contribution in [0.25, 0.3) is 0 Å². The number of nitrogens with zero attached hydrogens (tertiary/aromatic N) is 1. The predicted molar refractivity (Wildman–Crippen MR) is 73.0 cm³/mol. The Morgan fingerprint density at radius 1 is 1.39 bits per heavy atom. The lowest BCUT2D eigenvalue weighted by molar-refractivity contribution is -0.143. The standard InChI is InChI=1S/C15H21NO2/c1-11-6-4-5-7-13(11)16-9-8-12(14(17)18)10-15(16,2)3/h4-7,12H,8-10H2,1-3H3,(H,17,18). The molecule has 0 bridgehead atoms. The highest BCUT2D eigenvalue weighted by Gasteiger charge is 2.38. The van der Waals surface area contributed by atoms with Crippen molar-refractivity contribution >= 4 is 11.7 Å². The minimum atomic E-state index is -0.660. The summed E-state index contributed by atoms with van der Waals surface area (Å²) in [6.45, 7) is 7.19. The predicted octanol–water partition coefficient (Wildman–Crippen LogP) is 3.07. The molecular weight excluding hydrogens is 226 g/mol. The van der Waals surface area contributed by atoms with Crippen molar-refractivity contribution in [2.45, 2.75) is 39.2 Å². The maximum absolute atomic E-state index is 11.1. The van der Waals surface area contributed by atoms with Gasteiger partial charge in [0.2, 0.25) is 0 Å². The number of hydrogen-bond donors (Lipinski definition) is 1. The van der Waals surface area contributed by atoms with Gasteiger partial charge in [-0.25, -0.2) is 0 Å². The van der Waals surface area contributed by atoms with E-state index < -0.39 is 5.97 Å². The summed E-state index contributed by atoms with van der Waals surface area (Å²) in [5.41, 5.74) is 2.37. The summed E-state index contributed by atoms with van der Waals surface area (Å²) in [4.78, 5) is 13.5. The van der Waals surface area contributed by atoms with Crippen LogP contribution >= 0.6 is 0 Å². The fraction of sp³-hybridized carbons (Fsp3) is 0.533. The van der Waals surface area contributed by atoms with E-state index in [-0.39, 0.29) is 11.5 Å². The van der Waals surface area contributed by atoms with E-state index in [9.17, 15) is 4.79 Å². The maximum atomic E-state index is 11.1. The van der Waals surface area contributed by atoms with Crippen molar-refractivity contribution in [3.8, 4) is 0 Å². The summed E-state index contributed by atoms with van der Waals surface area (Å²) in [5, 5.41) is 9.16. The molecule has 1 unspecified atom stereocenters. The SMILES string of the molecule is Cc1ccccc1N1CCC(C(=O)O)CC1(C)C. The van der Waals surface area contributed by atoms with Gasteiger partial charge in [0.1, 0.15) is 0 Å². The fourth-order valence-corrected chi connectivity index (χ4v) is 2.93. The van der Waals surface area contributed by atoms with Crippen molar-refractivity contribution in [2.24, 2.45) is 5.92 Å². The van der Waals surface area contributed by atoms with Gasteiger partial charge in [-0.15, -0.1) is 0 Å². The smallest absolute Gasteiger partial charge is 0.306 e. The minimum Gasteiger partial charge on any atom is -0.481 e. The molecule has 3 heteroatoms. The normalized spacial score (nSPS) is 22.8. The van der Waals surface area contributed by atoms with E-state index >= 15 is 0 Å². The molecule has 1 aliphatic rings. The van der Waals surface area contributed by atoms with Crippen LogP contribution in [0, 0.1) is 12.8 Å². The number of aryl methyl sites for hydroxylation is 1. The Bertz CT molecular complexity index is 454. The van der Waals surface area contributed by atoms with Gasteiger partial charge in [-0.2, -0.15) is 0 Å². The lowest BCUT2D eigenvalue weighted by Crippen LogP contribution is -2.51. The highest BCUT2D eigenvalue weighted by Crippen LogP contribution is 2.36. The Morgan fingerprint density at radius 2 is 2.06 bits per heavy atom. The number of rotatable bonds is 2. The molecule has 1 aromatic carbocycles. The average Bonchev–Trinajstić information content (AvgIpc) is 2.29. The van der Waals surface area contributed by atoms with Gasteiger partial charge in [-0.3, -0.25) is 4.79 Å². The van der Waals surface area contributed by atoms with E-state index in [1.165, 1.54) is 11.3 Å². The van der Waals surface area contributed by atoms with E-state index in [1.807, 2.05) is 12.1 Å². The third-order valence-corrected chi connectivity index (χ3v) is 3.93. The number of anilines is 1. The molecule has 1 N–H and O–H groups in total. The summed E-state index contributed by atoms with van der Waals surface area (Å²) >= 11 is 0.